The van der Waals surface area contributed by atoms with Crippen LogP contribution in [0.15, 0.2) is 40.9 Å². The Kier molecular flexibility index (Phi) is 4.30. The van der Waals surface area contributed by atoms with Gasteiger partial charge in [-0.2, -0.15) is 0 Å². The lowest BCUT2D eigenvalue weighted by atomic mass is 10.1. The van der Waals surface area contributed by atoms with Crippen molar-refractivity contribution in [1.29, 1.82) is 0 Å². The Morgan fingerprint density at radius 1 is 1.11 bits per heavy atom. The van der Waals surface area contributed by atoms with Crippen molar-refractivity contribution in [2.45, 2.75) is 18.4 Å². The zero-order chi connectivity index (χ0) is 19.3. The van der Waals surface area contributed by atoms with Crippen LogP contribution in [-0.4, -0.2) is 35.2 Å². The van der Waals surface area contributed by atoms with Gasteiger partial charge in [-0.25, -0.2) is 8.78 Å². The lowest BCUT2D eigenvalue weighted by molar-refractivity contribution is -0.121. The summed E-state index contributed by atoms with van der Waals surface area (Å²) in [6.45, 7) is -0.438. The van der Waals surface area contributed by atoms with Crippen LogP contribution in [0.1, 0.15) is 38.6 Å². The van der Waals surface area contributed by atoms with Crippen LogP contribution in [0, 0.1) is 11.6 Å². The maximum atomic E-state index is 13.8. The van der Waals surface area contributed by atoms with Gasteiger partial charge in [0.05, 0.1) is 11.1 Å². The molecule has 0 radical (unpaired) electrons. The summed E-state index contributed by atoms with van der Waals surface area (Å²) in [5.41, 5.74) is 0.432. The van der Waals surface area contributed by atoms with E-state index < -0.39 is 47.9 Å². The van der Waals surface area contributed by atoms with Crippen molar-refractivity contribution in [3.63, 3.8) is 0 Å². The lowest BCUT2D eigenvalue weighted by Crippen LogP contribution is -2.41. The molecule has 138 valence electrons. The Bertz CT molecular complexity index is 975. The summed E-state index contributed by atoms with van der Waals surface area (Å²) in [4.78, 5) is 37.8. The zero-order valence-electron chi connectivity index (χ0n) is 13.8. The minimum absolute atomic E-state index is 0.0478. The largest absolute Gasteiger partial charge is 0.351 e. The second-order valence-corrected chi connectivity index (χ2v) is 7.45. The molecule has 2 atom stereocenters. The third-order valence-electron chi connectivity index (χ3n) is 4.74. The summed E-state index contributed by atoms with van der Waals surface area (Å²) in [5.74, 6) is -3.38. The second kappa shape index (κ2) is 6.53. The van der Waals surface area contributed by atoms with Crippen LogP contribution >= 0.6 is 15.9 Å². The molecule has 0 unspecified atom stereocenters. The van der Waals surface area contributed by atoms with Crippen molar-refractivity contribution < 1.29 is 23.2 Å². The van der Waals surface area contributed by atoms with E-state index in [1.54, 1.807) is 6.07 Å². The van der Waals surface area contributed by atoms with Gasteiger partial charge in [-0.15, -0.1) is 0 Å². The average Bonchev–Trinajstić information content (AvgIpc) is 3.31. The van der Waals surface area contributed by atoms with Gasteiger partial charge >= 0.3 is 0 Å². The Morgan fingerprint density at radius 3 is 2.48 bits per heavy atom. The van der Waals surface area contributed by atoms with Crippen molar-refractivity contribution in [2.24, 2.45) is 0 Å². The number of fused-ring (bicyclic) bond motifs is 1. The molecule has 2 aliphatic rings. The average molecular weight is 435 g/mol. The second-order valence-electron chi connectivity index (χ2n) is 6.54. The molecule has 0 bridgehead atoms. The van der Waals surface area contributed by atoms with Crippen molar-refractivity contribution in [1.82, 2.24) is 10.2 Å². The lowest BCUT2D eigenvalue weighted by Gasteiger charge is -2.13. The van der Waals surface area contributed by atoms with E-state index in [4.69, 9.17) is 0 Å². The maximum absolute atomic E-state index is 13.8. The van der Waals surface area contributed by atoms with Gasteiger partial charge < -0.3 is 5.32 Å². The fourth-order valence-corrected chi connectivity index (χ4v) is 3.70. The number of carbonyl (C=O) groups is 3. The molecule has 0 aromatic heterocycles. The zero-order valence-corrected chi connectivity index (χ0v) is 15.4. The monoisotopic (exact) mass is 434 g/mol. The molecule has 1 saturated carbocycles. The number of imide groups is 1. The van der Waals surface area contributed by atoms with Crippen LogP contribution < -0.4 is 5.32 Å². The number of nitrogens with one attached hydrogen (secondary N) is 1. The van der Waals surface area contributed by atoms with Crippen LogP contribution in [-0.2, 0) is 4.79 Å². The van der Waals surface area contributed by atoms with Crippen molar-refractivity contribution in [3.05, 3.63) is 69.2 Å². The van der Waals surface area contributed by atoms with Gasteiger partial charge in [-0.3, -0.25) is 19.3 Å². The smallest absolute Gasteiger partial charge is 0.262 e. The summed E-state index contributed by atoms with van der Waals surface area (Å²) in [7, 11) is 0. The molecule has 1 N–H and O–H groups in total. The molecule has 3 amide bonds. The number of hydrogen-bond donors (Lipinski definition) is 1. The normalized spacial score (nSPS) is 20.6. The van der Waals surface area contributed by atoms with Crippen LogP contribution in [0.5, 0.6) is 0 Å². The SMILES string of the molecule is O=C(CN1C(=O)c2ccc(Br)cc2C1=O)N[C@H]1C[C@@H]1c1c(F)cccc1F. The van der Waals surface area contributed by atoms with Gasteiger partial charge in [0, 0.05) is 22.0 Å². The fraction of sp³-hybridized carbons (Fsp3) is 0.211. The summed E-state index contributed by atoms with van der Waals surface area (Å²) < 4.78 is 28.3. The quantitative estimate of drug-likeness (QED) is 0.752. The van der Waals surface area contributed by atoms with Crippen molar-refractivity contribution in [3.8, 4) is 0 Å². The van der Waals surface area contributed by atoms with Crippen molar-refractivity contribution in [2.75, 3.05) is 6.54 Å². The van der Waals surface area contributed by atoms with E-state index in [9.17, 15) is 23.2 Å². The Balaban J connectivity index is 1.42. The molecule has 1 aliphatic carbocycles. The Labute approximate surface area is 161 Å². The predicted octanol–water partition coefficient (Wildman–Crippen LogP) is 3.00. The Morgan fingerprint density at radius 2 is 1.78 bits per heavy atom. The molecule has 2 aromatic rings. The number of carbonyl (C=O) groups excluding carboxylic acids is 3. The van der Waals surface area contributed by atoms with Crippen LogP contribution in [0.2, 0.25) is 0 Å². The van der Waals surface area contributed by atoms with Gasteiger partial charge in [0.1, 0.15) is 18.2 Å². The van der Waals surface area contributed by atoms with Gasteiger partial charge in [0.25, 0.3) is 11.8 Å². The minimum Gasteiger partial charge on any atom is -0.351 e. The van der Waals surface area contributed by atoms with Crippen molar-refractivity contribution >= 4 is 33.7 Å². The molecule has 0 spiro atoms. The molecular formula is C19H13BrF2N2O3. The molecule has 1 aliphatic heterocycles. The van der Waals surface area contributed by atoms with E-state index in [1.165, 1.54) is 30.3 Å². The molecule has 27 heavy (non-hydrogen) atoms. The number of amides is 3. The van der Waals surface area contributed by atoms with Gasteiger partial charge in [0.15, 0.2) is 0 Å². The highest BCUT2D eigenvalue weighted by Crippen LogP contribution is 2.43. The highest BCUT2D eigenvalue weighted by molar-refractivity contribution is 9.10. The first-order valence-corrected chi connectivity index (χ1v) is 9.05. The molecule has 5 nitrogen and oxygen atoms in total. The van der Waals surface area contributed by atoms with Crippen LogP contribution in [0.3, 0.4) is 0 Å². The van der Waals surface area contributed by atoms with E-state index in [1.807, 2.05) is 0 Å². The van der Waals surface area contributed by atoms with E-state index in [-0.39, 0.29) is 16.7 Å². The summed E-state index contributed by atoms with van der Waals surface area (Å²) >= 11 is 3.24. The molecule has 0 saturated heterocycles. The number of nitrogens with zero attached hydrogens (tertiary/aromatic N) is 1. The van der Waals surface area contributed by atoms with E-state index in [0.717, 1.165) is 4.90 Å². The number of benzene rings is 2. The van der Waals surface area contributed by atoms with E-state index >= 15 is 0 Å². The van der Waals surface area contributed by atoms with Gasteiger partial charge in [0.2, 0.25) is 5.91 Å². The highest BCUT2D eigenvalue weighted by Gasteiger charge is 2.44. The van der Waals surface area contributed by atoms with Gasteiger partial charge in [-0.05, 0) is 36.8 Å². The highest BCUT2D eigenvalue weighted by atomic mass is 79.9. The fourth-order valence-electron chi connectivity index (χ4n) is 3.34. The first kappa shape index (κ1) is 17.8. The summed E-state index contributed by atoms with van der Waals surface area (Å²) in [6.07, 6.45) is 0.401. The molecule has 1 heterocycles. The topological polar surface area (TPSA) is 66.5 Å². The standard InChI is InChI=1S/C19H13BrF2N2O3/c20-9-4-5-10-11(6-9)19(27)24(18(10)26)8-16(25)23-15-7-12(15)17-13(21)2-1-3-14(17)22/h1-6,12,15H,7-8H2,(H,23,25)/t12-,15-/m0/s1. The predicted molar refractivity (Wildman–Crippen MR) is 95.2 cm³/mol. The first-order valence-electron chi connectivity index (χ1n) is 8.26. The Hall–Kier alpha value is -2.61. The van der Waals surface area contributed by atoms with Crippen LogP contribution in [0.25, 0.3) is 0 Å². The summed E-state index contributed by atoms with van der Waals surface area (Å²) in [6, 6.07) is 7.91. The maximum Gasteiger partial charge on any atom is 0.262 e. The van der Waals surface area contributed by atoms with E-state index in [2.05, 4.69) is 21.2 Å². The summed E-state index contributed by atoms with van der Waals surface area (Å²) in [5, 5.41) is 2.64. The third kappa shape index (κ3) is 3.14. The third-order valence-corrected chi connectivity index (χ3v) is 5.24. The van der Waals surface area contributed by atoms with Gasteiger partial charge in [-0.1, -0.05) is 22.0 Å². The minimum atomic E-state index is -0.650. The molecule has 8 heteroatoms. The molecule has 2 aromatic carbocycles. The van der Waals surface area contributed by atoms with Crippen LogP contribution in [0.4, 0.5) is 8.78 Å². The number of halogens is 3. The molecule has 4 rings (SSSR count). The molecular weight excluding hydrogens is 422 g/mol. The number of rotatable bonds is 4. The van der Waals surface area contributed by atoms with E-state index in [0.29, 0.717) is 10.9 Å². The number of hydrogen-bond acceptors (Lipinski definition) is 3. The first-order chi connectivity index (χ1) is 12.9. The molecule has 1 fully saturated rings.